The van der Waals surface area contributed by atoms with Crippen LogP contribution >= 0.6 is 0 Å². The second-order valence-electron chi connectivity index (χ2n) is 21.7. The van der Waals surface area contributed by atoms with Gasteiger partial charge in [0, 0.05) is 88.9 Å². The molecule has 3 heterocycles. The minimum atomic E-state index is 0.144. The van der Waals surface area contributed by atoms with Crippen LogP contribution in [-0.4, -0.2) is 98.6 Å². The molecule has 6 atom stereocenters. The van der Waals surface area contributed by atoms with Crippen molar-refractivity contribution >= 4 is 28.5 Å². The van der Waals surface area contributed by atoms with E-state index in [1.54, 1.807) is 28.4 Å². The molecule has 3 saturated heterocycles. The van der Waals surface area contributed by atoms with Gasteiger partial charge in [-0.25, -0.2) is 0 Å². The van der Waals surface area contributed by atoms with Crippen molar-refractivity contribution in [3.8, 4) is 23.0 Å². The molecule has 3 aliphatic heterocycles. The second-order valence-corrected chi connectivity index (χ2v) is 21.7. The molecule has 0 bridgehead atoms. The van der Waals surface area contributed by atoms with Gasteiger partial charge in [-0.15, -0.1) is 0 Å². The van der Waals surface area contributed by atoms with Crippen molar-refractivity contribution in [2.24, 2.45) is 0 Å². The van der Waals surface area contributed by atoms with Gasteiger partial charge in [0.15, 0.2) is 11.5 Å². The van der Waals surface area contributed by atoms with Crippen LogP contribution in [0.2, 0.25) is 0 Å². The van der Waals surface area contributed by atoms with Gasteiger partial charge in [0.05, 0.1) is 28.4 Å². The van der Waals surface area contributed by atoms with Gasteiger partial charge in [0.25, 0.3) is 17.7 Å². The molecule has 0 spiro atoms. The number of likely N-dealkylation sites (tertiary alicyclic amines) is 3. The third-order valence-corrected chi connectivity index (χ3v) is 17.9. The summed E-state index contributed by atoms with van der Waals surface area (Å²) in [5.41, 5.74) is 10.4. The van der Waals surface area contributed by atoms with Crippen molar-refractivity contribution in [1.82, 2.24) is 14.7 Å². The van der Waals surface area contributed by atoms with Crippen molar-refractivity contribution in [2.45, 2.75) is 113 Å². The average Bonchev–Trinajstić information content (AvgIpc) is 3.52. The first-order valence-electron chi connectivity index (χ1n) is 28.4. The van der Waals surface area contributed by atoms with Gasteiger partial charge in [0.2, 0.25) is 0 Å². The highest BCUT2D eigenvalue weighted by Crippen LogP contribution is 2.49. The minimum absolute atomic E-state index is 0.144. The first-order valence-corrected chi connectivity index (χ1v) is 28.4. The first kappa shape index (κ1) is 52.5. The second kappa shape index (κ2) is 23.6. The minimum Gasteiger partial charge on any atom is -0.496 e. The SMILES string of the molecule is COc1ccc(OC)c2c1CCC1C2CCCN1C(=O)c1ccccc1.COc1ccc2c(c1OC)CC[C@@H]1C2CCCN1C(=O)c1cccc2ccccc12.O=C(c1ccccc1)N1CCCC2c3ccccc3CCC21. The zero-order valence-corrected chi connectivity index (χ0v) is 45.7. The molecule has 10 nitrogen and oxygen atoms in total. The van der Waals surface area contributed by atoms with Crippen molar-refractivity contribution < 1.29 is 33.3 Å². The lowest BCUT2D eigenvalue weighted by atomic mass is 9.73. The van der Waals surface area contributed by atoms with Crippen LogP contribution in [0.4, 0.5) is 0 Å². The summed E-state index contributed by atoms with van der Waals surface area (Å²) in [7, 11) is 6.84. The van der Waals surface area contributed by atoms with Crippen LogP contribution in [0.5, 0.6) is 23.0 Å². The number of carbonyl (C=O) groups excluding carboxylic acids is 3. The number of hydrogen-bond donors (Lipinski definition) is 0. The number of amides is 3. The highest BCUT2D eigenvalue weighted by molar-refractivity contribution is 6.07. The number of rotatable bonds is 7. The summed E-state index contributed by atoms with van der Waals surface area (Å²) in [6.45, 7) is 2.55. The Hall–Kier alpha value is -7.59. The number of nitrogens with zero attached hydrogens (tertiary/aromatic N) is 3. The molecule has 0 saturated carbocycles. The fourth-order valence-corrected chi connectivity index (χ4v) is 14.4. The van der Waals surface area contributed by atoms with Gasteiger partial charge in [-0.2, -0.15) is 0 Å². The fraction of sp³-hybridized carbons (Fsp3) is 0.368. The Bertz CT molecular complexity index is 3260. The number of fused-ring (bicyclic) bond motifs is 10. The number of carbonyl (C=O) groups is 3. The molecule has 0 radical (unpaired) electrons. The monoisotopic (exact) mass is 1040 g/mol. The van der Waals surface area contributed by atoms with Gasteiger partial charge in [-0.3, -0.25) is 14.4 Å². The van der Waals surface area contributed by atoms with Gasteiger partial charge in [0.1, 0.15) is 11.5 Å². The summed E-state index contributed by atoms with van der Waals surface area (Å²) in [4.78, 5) is 46.1. The van der Waals surface area contributed by atoms with E-state index in [4.69, 9.17) is 18.9 Å². The van der Waals surface area contributed by atoms with Gasteiger partial charge in [-0.1, -0.05) is 103 Å². The largest absolute Gasteiger partial charge is 0.496 e. The lowest BCUT2D eigenvalue weighted by Gasteiger charge is -2.45. The van der Waals surface area contributed by atoms with E-state index in [2.05, 4.69) is 63.2 Å². The van der Waals surface area contributed by atoms with Crippen molar-refractivity contribution in [1.29, 1.82) is 0 Å². The molecular formula is C68H73N3O7. The molecule has 10 heteroatoms. The Morgan fingerprint density at radius 2 is 0.910 bits per heavy atom. The van der Waals surface area contributed by atoms with E-state index in [9.17, 15) is 14.4 Å². The van der Waals surface area contributed by atoms with Crippen LogP contribution in [0.1, 0.15) is 140 Å². The summed E-state index contributed by atoms with van der Waals surface area (Å²) in [5.74, 6) is 5.18. The lowest BCUT2D eigenvalue weighted by molar-refractivity contribution is 0.0538. The summed E-state index contributed by atoms with van der Waals surface area (Å²) in [6, 6.07) is 51.3. The number of methoxy groups -OCH3 is 4. The fourth-order valence-electron chi connectivity index (χ4n) is 14.4. The summed E-state index contributed by atoms with van der Waals surface area (Å²) >= 11 is 0. The molecule has 13 rings (SSSR count). The number of piperidine rings is 3. The van der Waals surface area contributed by atoms with E-state index in [1.165, 1.54) is 39.8 Å². The molecule has 6 aliphatic rings. The Balaban J connectivity index is 0.000000126. The van der Waals surface area contributed by atoms with E-state index in [1.807, 2.05) is 103 Å². The maximum Gasteiger partial charge on any atom is 0.254 e. The maximum absolute atomic E-state index is 13.7. The van der Waals surface area contributed by atoms with E-state index >= 15 is 0 Å². The van der Waals surface area contributed by atoms with Gasteiger partial charge >= 0.3 is 0 Å². The topological polar surface area (TPSA) is 97.9 Å². The molecule has 0 N–H and O–H groups in total. The van der Waals surface area contributed by atoms with Crippen LogP contribution in [0, 0.1) is 0 Å². The van der Waals surface area contributed by atoms with Crippen molar-refractivity contribution in [3.05, 3.63) is 202 Å². The molecule has 7 aromatic carbocycles. The summed E-state index contributed by atoms with van der Waals surface area (Å²) in [5, 5.41) is 2.15. The molecule has 402 valence electrons. The van der Waals surface area contributed by atoms with Crippen LogP contribution in [0.15, 0.2) is 152 Å². The van der Waals surface area contributed by atoms with Crippen LogP contribution in [0.25, 0.3) is 10.8 Å². The Morgan fingerprint density at radius 1 is 0.410 bits per heavy atom. The number of benzene rings is 7. The Kier molecular flexibility index (Phi) is 15.8. The Morgan fingerprint density at radius 3 is 1.55 bits per heavy atom. The van der Waals surface area contributed by atoms with Crippen molar-refractivity contribution in [3.63, 3.8) is 0 Å². The maximum atomic E-state index is 13.7. The van der Waals surface area contributed by atoms with Crippen LogP contribution in [0.3, 0.4) is 0 Å². The smallest absolute Gasteiger partial charge is 0.254 e. The van der Waals surface area contributed by atoms with Crippen molar-refractivity contribution in [2.75, 3.05) is 48.1 Å². The van der Waals surface area contributed by atoms with E-state index in [-0.39, 0.29) is 29.8 Å². The predicted octanol–water partition coefficient (Wildman–Crippen LogP) is 13.3. The summed E-state index contributed by atoms with van der Waals surface area (Å²) in [6.07, 6.45) is 12.5. The standard InChI is InChI=1S/C26H27NO3.C22H25NO3.C20H21NO/c1-29-24-15-13-19-20-11-6-16-27(23(20)14-12-21(19)25(24)30-2)26(28)22-10-5-8-17-7-3-4-9-18(17)22;1-25-19-12-13-20(26-2)21-16-9-6-14-23(18(16)11-10-17(19)21)22(24)15-7-4-3-5-8-15;22-20(16-8-2-1-3-9-16)21-14-6-11-18-17-10-5-4-7-15(17)12-13-19(18)21/h3-5,7-10,13,15,20,23H,6,11-12,14,16H2,1-2H3;3-5,7-8,12-13,16,18H,6,9-11,14H2,1-2H3;1-5,7-10,18-19H,6,11-14H2/t20?,23-;;/m1../s1. The molecule has 5 unspecified atom stereocenters. The first-order chi connectivity index (χ1) is 38.3. The molecule has 3 aliphatic carbocycles. The number of aryl methyl sites for hydroxylation is 1. The normalized spacial score (nSPS) is 21.7. The molecule has 7 aromatic rings. The zero-order chi connectivity index (χ0) is 53.7. The molecule has 78 heavy (non-hydrogen) atoms. The number of hydrogen-bond acceptors (Lipinski definition) is 7. The molecule has 3 fully saturated rings. The highest BCUT2D eigenvalue weighted by Gasteiger charge is 2.43. The van der Waals surface area contributed by atoms with E-state index in [0.29, 0.717) is 23.8 Å². The van der Waals surface area contributed by atoms with Gasteiger partial charge in [-0.05, 0) is 153 Å². The summed E-state index contributed by atoms with van der Waals surface area (Å²) < 4.78 is 22.5. The van der Waals surface area contributed by atoms with E-state index < -0.39 is 0 Å². The average molecular weight is 1040 g/mol. The van der Waals surface area contributed by atoms with E-state index in [0.717, 1.165) is 141 Å². The molecule has 3 amide bonds. The Labute approximate surface area is 460 Å². The predicted molar refractivity (Wildman–Crippen MR) is 308 cm³/mol. The molecule has 0 aromatic heterocycles. The number of ether oxygens (including phenoxy) is 4. The third kappa shape index (κ3) is 10.1. The zero-order valence-electron chi connectivity index (χ0n) is 45.7. The van der Waals surface area contributed by atoms with Crippen LogP contribution in [-0.2, 0) is 19.3 Å². The highest BCUT2D eigenvalue weighted by atomic mass is 16.5. The third-order valence-electron chi connectivity index (χ3n) is 17.9. The quantitative estimate of drug-likeness (QED) is 0.157. The lowest BCUT2D eigenvalue weighted by Crippen LogP contribution is -2.49. The van der Waals surface area contributed by atoms with Crippen LogP contribution < -0.4 is 18.9 Å². The van der Waals surface area contributed by atoms with Gasteiger partial charge < -0.3 is 33.6 Å². The molecular weight excluding hydrogens is 971 g/mol.